The number of aliphatic hydroxyl groups excluding tert-OH is 1. The van der Waals surface area contributed by atoms with Gasteiger partial charge in [0.05, 0.1) is 6.10 Å². The molecule has 0 fully saturated rings. The fourth-order valence-corrected chi connectivity index (χ4v) is 2.69. The highest BCUT2D eigenvalue weighted by molar-refractivity contribution is 7.84. The Morgan fingerprint density at radius 1 is 1.33 bits per heavy atom. The predicted molar refractivity (Wildman–Crippen MR) is 85.9 cm³/mol. The molecule has 0 aromatic heterocycles. The molecule has 21 heavy (non-hydrogen) atoms. The molecular formula is C15H24N2O3S. The highest BCUT2D eigenvalue weighted by atomic mass is 32.2. The molecule has 5 nitrogen and oxygen atoms in total. The summed E-state index contributed by atoms with van der Waals surface area (Å²) in [5.41, 5.74) is 0.581. The van der Waals surface area contributed by atoms with E-state index < -0.39 is 16.9 Å². The summed E-state index contributed by atoms with van der Waals surface area (Å²) in [4.78, 5) is 12.4. The second-order valence-corrected chi connectivity index (χ2v) is 6.34. The maximum atomic E-state index is 11.8. The van der Waals surface area contributed by atoms with Crippen molar-refractivity contribution in [3.05, 3.63) is 24.3 Å². The van der Waals surface area contributed by atoms with Gasteiger partial charge in [0.2, 0.25) is 0 Å². The lowest BCUT2D eigenvalue weighted by atomic mass is 9.97. The van der Waals surface area contributed by atoms with Gasteiger partial charge in [-0.25, -0.2) is 4.79 Å². The van der Waals surface area contributed by atoms with Crippen LogP contribution in [-0.4, -0.2) is 34.3 Å². The number of urea groups is 1. The number of carbonyl (C=O) groups excluding carboxylic acids is 1. The molecule has 0 spiro atoms. The number of nitrogens with one attached hydrogen (secondary N) is 2. The van der Waals surface area contributed by atoms with Crippen molar-refractivity contribution in [1.29, 1.82) is 0 Å². The molecule has 1 aromatic rings. The molecule has 0 aliphatic rings. The minimum absolute atomic E-state index is 0.191. The van der Waals surface area contributed by atoms with Gasteiger partial charge < -0.3 is 15.7 Å². The van der Waals surface area contributed by atoms with Crippen molar-refractivity contribution in [2.24, 2.45) is 5.92 Å². The van der Waals surface area contributed by atoms with Crippen molar-refractivity contribution in [2.75, 3.05) is 18.1 Å². The number of rotatable bonds is 7. The number of aliphatic hydroxyl groups is 1. The summed E-state index contributed by atoms with van der Waals surface area (Å²) >= 11 is 0. The van der Waals surface area contributed by atoms with Gasteiger partial charge >= 0.3 is 6.03 Å². The van der Waals surface area contributed by atoms with Crippen LogP contribution in [0, 0.1) is 5.92 Å². The molecule has 0 saturated carbocycles. The van der Waals surface area contributed by atoms with Gasteiger partial charge in [0.25, 0.3) is 0 Å². The molecular weight excluding hydrogens is 288 g/mol. The number of amides is 2. The molecule has 1 rings (SSSR count). The first-order valence-electron chi connectivity index (χ1n) is 7.14. The van der Waals surface area contributed by atoms with Crippen molar-refractivity contribution >= 4 is 22.5 Å². The highest BCUT2D eigenvalue weighted by Gasteiger charge is 2.16. The lowest BCUT2D eigenvalue weighted by Gasteiger charge is -2.20. The third-order valence-corrected chi connectivity index (χ3v) is 4.41. The Balaban J connectivity index is 2.50. The van der Waals surface area contributed by atoms with Gasteiger partial charge in [0.15, 0.2) is 0 Å². The molecule has 0 saturated heterocycles. The lowest BCUT2D eigenvalue weighted by Crippen LogP contribution is -2.38. The van der Waals surface area contributed by atoms with Gasteiger partial charge in [0.1, 0.15) is 0 Å². The number of hydrogen-bond donors (Lipinski definition) is 3. The summed E-state index contributed by atoms with van der Waals surface area (Å²) in [6.07, 6.45) is 2.81. The first kappa shape index (κ1) is 17.7. The average Bonchev–Trinajstić information content (AvgIpc) is 2.46. The summed E-state index contributed by atoms with van der Waals surface area (Å²) < 4.78 is 11.4. The van der Waals surface area contributed by atoms with E-state index in [4.69, 9.17) is 0 Å². The standard InChI is InChI=1S/C15H24N2O3S/c1-4-11(5-2)14(18)10-16-15(19)17-12-7-6-8-13(9-12)21(3)20/h6-9,11,14,18H,4-5,10H2,1-3H3,(H2,16,17,19). The summed E-state index contributed by atoms with van der Waals surface area (Å²) in [7, 11) is -1.09. The largest absolute Gasteiger partial charge is 0.391 e. The molecule has 0 radical (unpaired) electrons. The normalized spacial score (nSPS) is 13.8. The van der Waals surface area contributed by atoms with Crippen LogP contribution in [-0.2, 0) is 10.8 Å². The van der Waals surface area contributed by atoms with E-state index in [1.54, 1.807) is 30.5 Å². The first-order chi connectivity index (χ1) is 9.97. The summed E-state index contributed by atoms with van der Waals surface area (Å²) in [5, 5.41) is 15.3. The molecule has 0 aliphatic carbocycles. The maximum absolute atomic E-state index is 11.8. The fourth-order valence-electron chi connectivity index (χ4n) is 2.12. The molecule has 0 aliphatic heterocycles. The third-order valence-electron chi connectivity index (χ3n) is 3.49. The Bertz CT molecular complexity index is 490. The van der Waals surface area contributed by atoms with Crippen LogP contribution in [0.2, 0.25) is 0 Å². The SMILES string of the molecule is CCC(CC)C(O)CNC(=O)Nc1cccc(S(C)=O)c1. The predicted octanol–water partition coefficient (Wildman–Crippen LogP) is 2.34. The van der Waals surface area contributed by atoms with E-state index in [1.165, 1.54) is 0 Å². The first-order valence-corrected chi connectivity index (χ1v) is 8.70. The zero-order valence-electron chi connectivity index (χ0n) is 12.8. The van der Waals surface area contributed by atoms with E-state index in [9.17, 15) is 14.1 Å². The smallest absolute Gasteiger partial charge is 0.319 e. The molecule has 3 N–H and O–H groups in total. The van der Waals surface area contributed by atoms with Crippen molar-refractivity contribution < 1.29 is 14.1 Å². The van der Waals surface area contributed by atoms with Gasteiger partial charge in [-0.15, -0.1) is 0 Å². The molecule has 0 bridgehead atoms. The Morgan fingerprint density at radius 3 is 2.57 bits per heavy atom. The molecule has 0 heterocycles. The van der Waals surface area contributed by atoms with Crippen molar-refractivity contribution in [3.63, 3.8) is 0 Å². The second-order valence-electron chi connectivity index (χ2n) is 4.96. The van der Waals surface area contributed by atoms with Crippen LogP contribution in [0.1, 0.15) is 26.7 Å². The Labute approximate surface area is 128 Å². The van der Waals surface area contributed by atoms with Crippen LogP contribution in [0.4, 0.5) is 10.5 Å². The quantitative estimate of drug-likeness (QED) is 0.723. The van der Waals surface area contributed by atoms with E-state index in [2.05, 4.69) is 10.6 Å². The van der Waals surface area contributed by atoms with Crippen molar-refractivity contribution in [2.45, 2.75) is 37.7 Å². The number of benzene rings is 1. The van der Waals surface area contributed by atoms with Crippen LogP contribution in [0.15, 0.2) is 29.2 Å². The van der Waals surface area contributed by atoms with E-state index in [0.29, 0.717) is 10.6 Å². The minimum atomic E-state index is -1.09. The van der Waals surface area contributed by atoms with Crippen molar-refractivity contribution in [3.8, 4) is 0 Å². The average molecular weight is 312 g/mol. The molecule has 6 heteroatoms. The van der Waals surface area contributed by atoms with E-state index >= 15 is 0 Å². The van der Waals surface area contributed by atoms with E-state index in [1.807, 2.05) is 13.8 Å². The summed E-state index contributed by atoms with van der Waals surface area (Å²) in [5.74, 6) is 0.191. The van der Waals surface area contributed by atoms with Gasteiger partial charge in [-0.2, -0.15) is 0 Å². The highest BCUT2D eigenvalue weighted by Crippen LogP contribution is 2.14. The molecule has 118 valence electrons. The van der Waals surface area contributed by atoms with Crippen LogP contribution < -0.4 is 10.6 Å². The number of anilines is 1. The Morgan fingerprint density at radius 2 is 2.00 bits per heavy atom. The molecule has 2 amide bonds. The number of carbonyl (C=O) groups is 1. The lowest BCUT2D eigenvalue weighted by molar-refractivity contribution is 0.104. The zero-order chi connectivity index (χ0) is 15.8. The third kappa shape index (κ3) is 5.85. The van der Waals surface area contributed by atoms with Crippen LogP contribution in [0.25, 0.3) is 0 Å². The number of hydrogen-bond acceptors (Lipinski definition) is 3. The molecule has 2 unspecified atom stereocenters. The van der Waals surface area contributed by atoms with Crippen LogP contribution >= 0.6 is 0 Å². The summed E-state index contributed by atoms with van der Waals surface area (Å²) in [6, 6.07) is 6.51. The van der Waals surface area contributed by atoms with Crippen LogP contribution in [0.3, 0.4) is 0 Å². The Kier molecular flexibility index (Phi) is 7.39. The van der Waals surface area contributed by atoms with Crippen molar-refractivity contribution in [1.82, 2.24) is 5.32 Å². The van der Waals surface area contributed by atoms with Gasteiger partial charge in [-0.3, -0.25) is 4.21 Å². The van der Waals surface area contributed by atoms with Crippen LogP contribution in [0.5, 0.6) is 0 Å². The van der Waals surface area contributed by atoms with Gasteiger partial charge in [0, 0.05) is 34.2 Å². The topological polar surface area (TPSA) is 78.4 Å². The monoisotopic (exact) mass is 312 g/mol. The molecule has 1 aromatic carbocycles. The second kappa shape index (κ2) is 8.79. The summed E-state index contributed by atoms with van der Waals surface area (Å²) in [6.45, 7) is 4.26. The van der Waals surface area contributed by atoms with Gasteiger partial charge in [-0.1, -0.05) is 32.8 Å². The van der Waals surface area contributed by atoms with E-state index in [-0.39, 0.29) is 18.5 Å². The fraction of sp³-hybridized carbons (Fsp3) is 0.533. The van der Waals surface area contributed by atoms with E-state index in [0.717, 1.165) is 12.8 Å². The Hall–Kier alpha value is -1.40. The molecule has 2 atom stereocenters. The zero-order valence-corrected chi connectivity index (χ0v) is 13.6. The maximum Gasteiger partial charge on any atom is 0.319 e. The van der Waals surface area contributed by atoms with Gasteiger partial charge in [-0.05, 0) is 24.1 Å². The minimum Gasteiger partial charge on any atom is -0.391 e.